The van der Waals surface area contributed by atoms with Gasteiger partial charge in [0.2, 0.25) is 5.89 Å². The highest BCUT2D eigenvalue weighted by Gasteiger charge is 2.21. The number of nitrogens with one attached hydrogen (secondary N) is 1. The second-order valence-electron chi connectivity index (χ2n) is 4.37. The van der Waals surface area contributed by atoms with Crippen molar-refractivity contribution in [2.45, 2.75) is 46.3 Å². The molecule has 0 fully saturated rings. The number of nitrogens with zero attached hydrogens (tertiary/aromatic N) is 2. The second-order valence-corrected chi connectivity index (χ2v) is 4.37. The van der Waals surface area contributed by atoms with E-state index >= 15 is 0 Å². The molecule has 16 heavy (non-hydrogen) atoms. The predicted octanol–water partition coefficient (Wildman–Crippen LogP) is 1.44. The molecule has 1 rings (SSSR count). The smallest absolute Gasteiger partial charge is 0.244 e. The molecule has 0 saturated heterocycles. The van der Waals surface area contributed by atoms with E-state index in [0.717, 1.165) is 6.42 Å². The van der Waals surface area contributed by atoms with Crippen LogP contribution in [0.1, 0.15) is 44.9 Å². The van der Waals surface area contributed by atoms with Crippen LogP contribution in [0.25, 0.3) is 0 Å². The van der Waals surface area contributed by atoms with Crippen LogP contribution in [0.5, 0.6) is 0 Å². The number of aliphatic hydroxyl groups is 1. The summed E-state index contributed by atoms with van der Waals surface area (Å²) in [6, 6.07) is 0.00222. The first-order chi connectivity index (χ1) is 7.54. The highest BCUT2D eigenvalue weighted by atomic mass is 16.5. The Kier molecular flexibility index (Phi) is 4.89. The fraction of sp³-hybridized carbons (Fsp3) is 0.818. The van der Waals surface area contributed by atoms with Gasteiger partial charge in [0.05, 0.1) is 12.1 Å². The van der Waals surface area contributed by atoms with Crippen LogP contribution in [0, 0.1) is 12.8 Å². The van der Waals surface area contributed by atoms with Crippen molar-refractivity contribution < 1.29 is 9.63 Å². The lowest BCUT2D eigenvalue weighted by molar-refractivity contribution is 0.154. The first kappa shape index (κ1) is 13.1. The van der Waals surface area contributed by atoms with Gasteiger partial charge < -0.3 is 14.9 Å². The number of hydrogen-bond acceptors (Lipinski definition) is 5. The number of aromatic nitrogens is 2. The standard InChI is InChI=1S/C11H21N3O2/c1-5-9(15)6-12-10(7(2)3)11-13-8(4)14-16-11/h7,9-10,12,15H,5-6H2,1-4H3/t9-,10?/m1/s1. The molecule has 0 aliphatic rings. The van der Waals surface area contributed by atoms with Crippen LogP contribution < -0.4 is 5.32 Å². The number of rotatable bonds is 6. The van der Waals surface area contributed by atoms with Gasteiger partial charge in [-0.1, -0.05) is 25.9 Å². The molecule has 1 unspecified atom stereocenters. The Morgan fingerprint density at radius 3 is 2.56 bits per heavy atom. The zero-order chi connectivity index (χ0) is 12.1. The lowest BCUT2D eigenvalue weighted by Gasteiger charge is -2.20. The minimum absolute atomic E-state index is 0.00222. The Morgan fingerprint density at radius 1 is 1.44 bits per heavy atom. The third kappa shape index (κ3) is 3.57. The van der Waals surface area contributed by atoms with Crippen LogP contribution in [0.15, 0.2) is 4.52 Å². The molecule has 0 spiro atoms. The molecule has 0 aromatic carbocycles. The Bertz CT molecular complexity index is 312. The van der Waals surface area contributed by atoms with E-state index in [-0.39, 0.29) is 12.1 Å². The molecule has 1 heterocycles. The molecule has 0 aliphatic carbocycles. The lowest BCUT2D eigenvalue weighted by Crippen LogP contribution is -2.32. The number of aryl methyl sites for hydroxylation is 1. The van der Waals surface area contributed by atoms with E-state index in [1.54, 1.807) is 6.92 Å². The van der Waals surface area contributed by atoms with Gasteiger partial charge in [-0.25, -0.2) is 0 Å². The minimum Gasteiger partial charge on any atom is -0.392 e. The summed E-state index contributed by atoms with van der Waals surface area (Å²) in [6.45, 7) is 8.45. The maximum atomic E-state index is 9.51. The quantitative estimate of drug-likeness (QED) is 0.769. The summed E-state index contributed by atoms with van der Waals surface area (Å²) < 4.78 is 5.15. The molecule has 0 saturated carbocycles. The summed E-state index contributed by atoms with van der Waals surface area (Å²) in [5, 5.41) is 16.5. The average molecular weight is 227 g/mol. The Hall–Kier alpha value is -0.940. The van der Waals surface area contributed by atoms with Crippen LogP contribution in [-0.2, 0) is 0 Å². The van der Waals surface area contributed by atoms with Crippen LogP contribution >= 0.6 is 0 Å². The monoisotopic (exact) mass is 227 g/mol. The summed E-state index contributed by atoms with van der Waals surface area (Å²) >= 11 is 0. The van der Waals surface area contributed by atoms with E-state index < -0.39 is 0 Å². The number of aliphatic hydroxyl groups excluding tert-OH is 1. The maximum absolute atomic E-state index is 9.51. The van der Waals surface area contributed by atoms with Crippen molar-refractivity contribution in [1.29, 1.82) is 0 Å². The highest BCUT2D eigenvalue weighted by Crippen LogP contribution is 2.19. The molecule has 0 radical (unpaired) electrons. The normalized spacial score (nSPS) is 15.4. The van der Waals surface area contributed by atoms with Gasteiger partial charge in [-0.2, -0.15) is 4.98 Å². The van der Waals surface area contributed by atoms with Crippen LogP contribution in [-0.4, -0.2) is 27.9 Å². The van der Waals surface area contributed by atoms with E-state index in [4.69, 9.17) is 4.52 Å². The molecule has 2 N–H and O–H groups in total. The minimum atomic E-state index is -0.328. The topological polar surface area (TPSA) is 71.2 Å². The first-order valence-electron chi connectivity index (χ1n) is 5.76. The second kappa shape index (κ2) is 5.96. The van der Waals surface area contributed by atoms with Crippen molar-refractivity contribution in [3.63, 3.8) is 0 Å². The van der Waals surface area contributed by atoms with E-state index in [1.165, 1.54) is 0 Å². The Morgan fingerprint density at radius 2 is 2.12 bits per heavy atom. The summed E-state index contributed by atoms with van der Waals surface area (Å²) in [5.74, 6) is 1.57. The fourth-order valence-corrected chi connectivity index (χ4v) is 1.45. The van der Waals surface area contributed by atoms with Gasteiger partial charge in [0.15, 0.2) is 5.82 Å². The third-order valence-electron chi connectivity index (χ3n) is 2.52. The van der Waals surface area contributed by atoms with E-state index in [9.17, 15) is 5.11 Å². The zero-order valence-corrected chi connectivity index (χ0v) is 10.4. The predicted molar refractivity (Wildman–Crippen MR) is 60.9 cm³/mol. The van der Waals surface area contributed by atoms with Crippen LogP contribution in [0.3, 0.4) is 0 Å². The third-order valence-corrected chi connectivity index (χ3v) is 2.52. The molecule has 5 nitrogen and oxygen atoms in total. The average Bonchev–Trinajstić information content (AvgIpc) is 2.64. The zero-order valence-electron chi connectivity index (χ0n) is 10.4. The largest absolute Gasteiger partial charge is 0.392 e. The molecule has 92 valence electrons. The summed E-state index contributed by atoms with van der Waals surface area (Å²) in [7, 11) is 0. The van der Waals surface area contributed by atoms with Crippen LogP contribution in [0.4, 0.5) is 0 Å². The molecule has 0 amide bonds. The highest BCUT2D eigenvalue weighted by molar-refractivity contribution is 4.93. The molecule has 5 heteroatoms. The molecule has 0 bridgehead atoms. The van der Waals surface area contributed by atoms with Crippen LogP contribution in [0.2, 0.25) is 0 Å². The van der Waals surface area contributed by atoms with Gasteiger partial charge in [-0.05, 0) is 19.3 Å². The Balaban J connectivity index is 2.61. The van der Waals surface area contributed by atoms with Gasteiger partial charge in [-0.3, -0.25) is 0 Å². The van der Waals surface area contributed by atoms with Crippen molar-refractivity contribution in [3.05, 3.63) is 11.7 Å². The van der Waals surface area contributed by atoms with Gasteiger partial charge in [0, 0.05) is 6.54 Å². The van der Waals surface area contributed by atoms with Crippen molar-refractivity contribution >= 4 is 0 Å². The van der Waals surface area contributed by atoms with Crippen molar-refractivity contribution in [3.8, 4) is 0 Å². The SMILES string of the molecule is CC[C@@H](O)CNC(c1nc(C)no1)C(C)C. The summed E-state index contributed by atoms with van der Waals surface area (Å²) in [5.41, 5.74) is 0. The summed E-state index contributed by atoms with van der Waals surface area (Å²) in [4.78, 5) is 4.21. The fourth-order valence-electron chi connectivity index (χ4n) is 1.45. The molecule has 0 aliphatic heterocycles. The van der Waals surface area contributed by atoms with Gasteiger partial charge >= 0.3 is 0 Å². The van der Waals surface area contributed by atoms with Gasteiger partial charge in [0.1, 0.15) is 0 Å². The van der Waals surface area contributed by atoms with E-state index in [1.807, 2.05) is 6.92 Å². The Labute approximate surface area is 96.2 Å². The van der Waals surface area contributed by atoms with E-state index in [0.29, 0.717) is 24.2 Å². The van der Waals surface area contributed by atoms with Crippen molar-refractivity contribution in [2.75, 3.05) is 6.54 Å². The summed E-state index contributed by atoms with van der Waals surface area (Å²) in [6.07, 6.45) is 0.408. The molecule has 2 atom stereocenters. The molecule has 1 aromatic rings. The number of hydrogen-bond donors (Lipinski definition) is 2. The molecule has 1 aromatic heterocycles. The van der Waals surface area contributed by atoms with Gasteiger partial charge in [-0.15, -0.1) is 0 Å². The van der Waals surface area contributed by atoms with Crippen molar-refractivity contribution in [1.82, 2.24) is 15.5 Å². The van der Waals surface area contributed by atoms with E-state index in [2.05, 4.69) is 29.3 Å². The lowest BCUT2D eigenvalue weighted by atomic mass is 10.0. The first-order valence-corrected chi connectivity index (χ1v) is 5.76. The molecular formula is C11H21N3O2. The molecular weight excluding hydrogens is 206 g/mol. The van der Waals surface area contributed by atoms with Crippen molar-refractivity contribution in [2.24, 2.45) is 5.92 Å². The van der Waals surface area contributed by atoms with Gasteiger partial charge in [0.25, 0.3) is 0 Å². The maximum Gasteiger partial charge on any atom is 0.244 e.